The van der Waals surface area contributed by atoms with Gasteiger partial charge in [-0.1, -0.05) is 58.7 Å². The normalized spacial score (nSPS) is 10.5. The van der Waals surface area contributed by atoms with Gasteiger partial charge in [-0.15, -0.1) is 0 Å². The molecule has 7 heteroatoms. The lowest BCUT2D eigenvalue weighted by Crippen LogP contribution is -2.11. The number of nitrogens with one attached hydrogen (secondary N) is 1. The first-order chi connectivity index (χ1) is 11.0. The number of aromatic nitrogens is 1. The fourth-order valence-corrected chi connectivity index (χ4v) is 2.46. The van der Waals surface area contributed by atoms with Crippen LogP contribution in [0.5, 0.6) is 0 Å². The lowest BCUT2D eigenvalue weighted by atomic mass is 10.1. The van der Waals surface area contributed by atoms with Crippen molar-refractivity contribution >= 4 is 40.5 Å². The number of carbonyl (C=O) groups excluding carboxylic acids is 1. The molecule has 0 aliphatic heterocycles. The number of benzene rings is 2. The average molecular weight is 348 g/mol. The number of carbonyl (C=O) groups is 1. The summed E-state index contributed by atoms with van der Waals surface area (Å²) in [6.07, 6.45) is 0. The average Bonchev–Trinajstić information content (AvgIpc) is 3.03. The number of nitrogens with two attached hydrogens (primary N) is 1. The minimum absolute atomic E-state index is 0.0768. The quantitative estimate of drug-likeness (QED) is 0.684. The molecule has 0 saturated carbocycles. The van der Waals surface area contributed by atoms with Gasteiger partial charge in [0, 0.05) is 17.3 Å². The summed E-state index contributed by atoms with van der Waals surface area (Å²) in [5.74, 6) is -0.385. The molecule has 1 heterocycles. The minimum Gasteiger partial charge on any atom is -0.396 e. The molecule has 0 atom stereocenters. The molecule has 0 spiro atoms. The zero-order valence-corrected chi connectivity index (χ0v) is 13.2. The maximum absolute atomic E-state index is 12.2. The third-order valence-electron chi connectivity index (χ3n) is 3.14. The fraction of sp³-hybridized carbons (Fsp3) is 0. The fourth-order valence-electron chi connectivity index (χ4n) is 1.98. The Kier molecular flexibility index (Phi) is 4.23. The van der Waals surface area contributed by atoms with Crippen molar-refractivity contribution in [2.45, 2.75) is 0 Å². The molecule has 1 aromatic heterocycles. The van der Waals surface area contributed by atoms with E-state index in [4.69, 9.17) is 33.5 Å². The molecule has 2 aromatic carbocycles. The number of hydrogen-bond acceptors (Lipinski definition) is 4. The molecule has 116 valence electrons. The van der Waals surface area contributed by atoms with E-state index in [1.165, 1.54) is 12.1 Å². The van der Waals surface area contributed by atoms with Gasteiger partial charge in [-0.2, -0.15) is 0 Å². The van der Waals surface area contributed by atoms with Crippen LogP contribution in [0.15, 0.2) is 53.1 Å². The Morgan fingerprint density at radius 3 is 2.39 bits per heavy atom. The van der Waals surface area contributed by atoms with Crippen LogP contribution in [0.3, 0.4) is 0 Å². The van der Waals surface area contributed by atoms with Crippen LogP contribution < -0.4 is 11.1 Å². The number of rotatable bonds is 3. The summed E-state index contributed by atoms with van der Waals surface area (Å²) in [6, 6.07) is 14.0. The summed E-state index contributed by atoms with van der Waals surface area (Å²) in [4.78, 5) is 12.2. The summed E-state index contributed by atoms with van der Waals surface area (Å²) >= 11 is 11.9. The molecule has 0 aliphatic rings. The first-order valence-corrected chi connectivity index (χ1v) is 7.38. The number of anilines is 2. The van der Waals surface area contributed by atoms with Gasteiger partial charge in [-0.25, -0.2) is 0 Å². The molecule has 0 fully saturated rings. The summed E-state index contributed by atoms with van der Waals surface area (Å²) in [7, 11) is 0. The molecule has 3 aromatic rings. The van der Waals surface area contributed by atoms with Gasteiger partial charge in [0.2, 0.25) is 5.76 Å². The Morgan fingerprint density at radius 2 is 1.74 bits per heavy atom. The van der Waals surface area contributed by atoms with Gasteiger partial charge in [-0.05, 0) is 12.1 Å². The van der Waals surface area contributed by atoms with Crippen molar-refractivity contribution in [1.82, 2.24) is 5.16 Å². The highest BCUT2D eigenvalue weighted by molar-refractivity contribution is 6.39. The maximum Gasteiger partial charge on any atom is 0.294 e. The Labute approximate surface area is 142 Å². The van der Waals surface area contributed by atoms with E-state index < -0.39 is 5.91 Å². The molecule has 23 heavy (non-hydrogen) atoms. The highest BCUT2D eigenvalue weighted by atomic mass is 35.5. The second-order valence-corrected chi connectivity index (χ2v) is 5.56. The van der Waals surface area contributed by atoms with Crippen molar-refractivity contribution < 1.29 is 9.32 Å². The topological polar surface area (TPSA) is 81.1 Å². The Balaban J connectivity index is 1.81. The van der Waals surface area contributed by atoms with Crippen molar-refractivity contribution in [2.24, 2.45) is 0 Å². The van der Waals surface area contributed by atoms with Crippen molar-refractivity contribution in [1.29, 1.82) is 0 Å². The Bertz CT molecular complexity index is 840. The van der Waals surface area contributed by atoms with Gasteiger partial charge in [0.1, 0.15) is 5.69 Å². The molecule has 5 nitrogen and oxygen atoms in total. The lowest BCUT2D eigenvalue weighted by Gasteiger charge is -2.06. The van der Waals surface area contributed by atoms with Gasteiger partial charge >= 0.3 is 0 Å². The van der Waals surface area contributed by atoms with E-state index in [2.05, 4.69) is 10.5 Å². The second-order valence-electron chi connectivity index (χ2n) is 4.75. The summed E-state index contributed by atoms with van der Waals surface area (Å²) in [5.41, 5.74) is 7.76. The van der Waals surface area contributed by atoms with Gasteiger partial charge < -0.3 is 15.6 Å². The summed E-state index contributed by atoms with van der Waals surface area (Å²) < 4.78 is 5.08. The van der Waals surface area contributed by atoms with Crippen molar-refractivity contribution in [3.63, 3.8) is 0 Å². The molecule has 0 radical (unpaired) electrons. The first-order valence-electron chi connectivity index (χ1n) is 6.62. The molecular formula is C16H11Cl2N3O2. The number of hydrogen-bond donors (Lipinski definition) is 2. The summed E-state index contributed by atoms with van der Waals surface area (Å²) in [5, 5.41) is 7.04. The van der Waals surface area contributed by atoms with E-state index in [9.17, 15) is 4.79 Å². The lowest BCUT2D eigenvalue weighted by molar-refractivity contribution is 0.0988. The van der Waals surface area contributed by atoms with E-state index in [1.54, 1.807) is 6.07 Å². The highest BCUT2D eigenvalue weighted by Crippen LogP contribution is 2.31. The minimum atomic E-state index is -0.461. The first kappa shape index (κ1) is 15.4. The number of nitrogen functional groups attached to an aromatic ring is 1. The third-order valence-corrected chi connectivity index (χ3v) is 3.77. The van der Waals surface area contributed by atoms with Crippen LogP contribution in [0.2, 0.25) is 10.0 Å². The number of nitrogens with zero attached hydrogens (tertiary/aromatic N) is 1. The van der Waals surface area contributed by atoms with Crippen molar-refractivity contribution in [2.75, 3.05) is 11.1 Å². The van der Waals surface area contributed by atoms with Gasteiger partial charge in [0.25, 0.3) is 5.91 Å². The van der Waals surface area contributed by atoms with Gasteiger partial charge in [0.05, 0.1) is 15.7 Å². The Morgan fingerprint density at radius 1 is 1.09 bits per heavy atom. The van der Waals surface area contributed by atoms with Gasteiger partial charge in [-0.3, -0.25) is 4.79 Å². The van der Waals surface area contributed by atoms with Crippen LogP contribution >= 0.6 is 23.2 Å². The highest BCUT2D eigenvalue weighted by Gasteiger charge is 2.15. The predicted molar refractivity (Wildman–Crippen MR) is 90.8 cm³/mol. The van der Waals surface area contributed by atoms with E-state index in [1.807, 2.05) is 30.3 Å². The van der Waals surface area contributed by atoms with Crippen molar-refractivity contribution in [3.8, 4) is 11.3 Å². The largest absolute Gasteiger partial charge is 0.396 e. The number of halogens is 2. The maximum atomic E-state index is 12.2. The third kappa shape index (κ3) is 3.31. The predicted octanol–water partition coefficient (Wildman–Crippen LogP) is 4.48. The molecule has 1 amide bonds. The van der Waals surface area contributed by atoms with Crippen LogP contribution in [-0.2, 0) is 0 Å². The molecule has 0 saturated heterocycles. The Hall–Kier alpha value is -2.50. The zero-order chi connectivity index (χ0) is 16.4. The SMILES string of the molecule is Nc1c(Cl)cc(NC(=O)c2cc(-c3ccccc3)no2)cc1Cl. The molecule has 3 N–H and O–H groups in total. The monoisotopic (exact) mass is 347 g/mol. The number of amides is 1. The van der Waals surface area contributed by atoms with Crippen LogP contribution in [0.25, 0.3) is 11.3 Å². The van der Waals surface area contributed by atoms with Crippen LogP contribution in [-0.4, -0.2) is 11.1 Å². The van der Waals surface area contributed by atoms with Gasteiger partial charge in [0.15, 0.2) is 0 Å². The van der Waals surface area contributed by atoms with E-state index in [0.717, 1.165) is 5.56 Å². The molecule has 0 aliphatic carbocycles. The zero-order valence-electron chi connectivity index (χ0n) is 11.7. The van der Waals surface area contributed by atoms with Crippen LogP contribution in [0, 0.1) is 0 Å². The second kappa shape index (κ2) is 6.32. The van der Waals surface area contributed by atoms with Crippen LogP contribution in [0.1, 0.15) is 10.6 Å². The molecule has 3 rings (SSSR count). The molecule has 0 unspecified atom stereocenters. The standard InChI is InChI=1S/C16H11Cl2N3O2/c17-11-6-10(7-12(18)15(11)19)20-16(22)14-8-13(21-23-14)9-4-2-1-3-5-9/h1-8H,19H2,(H,20,22). The van der Waals surface area contributed by atoms with E-state index in [-0.39, 0.29) is 21.5 Å². The van der Waals surface area contributed by atoms with E-state index >= 15 is 0 Å². The molecule has 0 bridgehead atoms. The summed E-state index contributed by atoms with van der Waals surface area (Å²) in [6.45, 7) is 0. The molecular weight excluding hydrogens is 337 g/mol. The van der Waals surface area contributed by atoms with E-state index in [0.29, 0.717) is 11.4 Å². The smallest absolute Gasteiger partial charge is 0.294 e. The van der Waals surface area contributed by atoms with Crippen LogP contribution in [0.4, 0.5) is 11.4 Å². The van der Waals surface area contributed by atoms with Crippen molar-refractivity contribution in [3.05, 3.63) is 64.3 Å².